The second-order valence-electron chi connectivity index (χ2n) is 4.40. The van der Waals surface area contributed by atoms with Crippen LogP contribution in [0, 0.1) is 5.92 Å². The maximum atomic E-state index is 12.0. The number of hydrazine groups is 1. The third kappa shape index (κ3) is 2.18. The highest BCUT2D eigenvalue weighted by Crippen LogP contribution is 2.22. The van der Waals surface area contributed by atoms with E-state index in [4.69, 9.17) is 0 Å². The fourth-order valence-corrected chi connectivity index (χ4v) is 2.99. The SMILES string of the molecule is CC(C)CN1NS(=O)(=O)c2ccccc2C1=O. The lowest BCUT2D eigenvalue weighted by Crippen LogP contribution is -2.51. The first-order valence-corrected chi connectivity index (χ1v) is 6.83. The number of sulfonamides is 1. The molecule has 0 saturated heterocycles. The first kappa shape index (κ1) is 12.1. The lowest BCUT2D eigenvalue weighted by atomic mass is 10.1. The highest BCUT2D eigenvalue weighted by Gasteiger charge is 2.33. The minimum Gasteiger partial charge on any atom is -0.268 e. The van der Waals surface area contributed by atoms with Crippen molar-refractivity contribution in [3.8, 4) is 0 Å². The van der Waals surface area contributed by atoms with E-state index in [-0.39, 0.29) is 22.3 Å². The Morgan fingerprint density at radius 3 is 2.59 bits per heavy atom. The average molecular weight is 254 g/mol. The Labute approximate surface area is 100 Å². The second-order valence-corrected chi connectivity index (χ2v) is 6.03. The van der Waals surface area contributed by atoms with Gasteiger partial charge in [0.1, 0.15) is 0 Å². The quantitative estimate of drug-likeness (QED) is 0.856. The Morgan fingerprint density at radius 2 is 1.94 bits per heavy atom. The van der Waals surface area contributed by atoms with Crippen molar-refractivity contribution in [1.29, 1.82) is 0 Å². The number of carbonyl (C=O) groups is 1. The summed E-state index contributed by atoms with van der Waals surface area (Å²) in [5.74, 6) is -0.115. The number of rotatable bonds is 2. The van der Waals surface area contributed by atoms with E-state index in [0.717, 1.165) is 5.01 Å². The van der Waals surface area contributed by atoms with Gasteiger partial charge in [-0.05, 0) is 18.1 Å². The van der Waals surface area contributed by atoms with Crippen molar-refractivity contribution in [2.45, 2.75) is 18.7 Å². The molecule has 5 nitrogen and oxygen atoms in total. The van der Waals surface area contributed by atoms with Crippen LogP contribution >= 0.6 is 0 Å². The molecular formula is C11H14N2O3S. The molecule has 1 aliphatic rings. The van der Waals surface area contributed by atoms with Crippen molar-refractivity contribution >= 4 is 15.9 Å². The van der Waals surface area contributed by atoms with Crippen molar-refractivity contribution in [2.75, 3.05) is 6.54 Å². The number of carbonyl (C=O) groups excluding carboxylic acids is 1. The van der Waals surface area contributed by atoms with Gasteiger partial charge in [-0.1, -0.05) is 26.0 Å². The number of nitrogens with one attached hydrogen (secondary N) is 1. The summed E-state index contributed by atoms with van der Waals surface area (Å²) in [4.78, 5) is 14.4. The Hall–Kier alpha value is -1.40. The summed E-state index contributed by atoms with van der Waals surface area (Å²) in [5, 5.41) is 1.16. The van der Waals surface area contributed by atoms with Crippen LogP contribution in [0.15, 0.2) is 29.2 Å². The molecule has 0 aliphatic carbocycles. The molecule has 1 heterocycles. The van der Waals surface area contributed by atoms with E-state index in [2.05, 4.69) is 4.83 Å². The van der Waals surface area contributed by atoms with Crippen LogP contribution < -0.4 is 4.83 Å². The standard InChI is InChI=1S/C11H14N2O3S/c1-8(2)7-13-11(14)9-5-3-4-6-10(9)17(15,16)12-13/h3-6,8,12H,7H2,1-2H3. The number of amides is 1. The Balaban J connectivity index is 2.48. The fraction of sp³-hybridized carbons (Fsp3) is 0.364. The lowest BCUT2D eigenvalue weighted by molar-refractivity contribution is 0.0679. The van der Waals surface area contributed by atoms with Crippen LogP contribution in [0.2, 0.25) is 0 Å². The molecule has 17 heavy (non-hydrogen) atoms. The van der Waals surface area contributed by atoms with Gasteiger partial charge in [0.25, 0.3) is 15.9 Å². The summed E-state index contributed by atoms with van der Waals surface area (Å²) >= 11 is 0. The smallest absolute Gasteiger partial charge is 0.268 e. The van der Waals surface area contributed by atoms with Crippen LogP contribution in [0.5, 0.6) is 0 Å². The van der Waals surface area contributed by atoms with Crippen molar-refractivity contribution in [2.24, 2.45) is 5.92 Å². The summed E-state index contributed by atoms with van der Waals surface area (Å²) in [6, 6.07) is 6.22. The van der Waals surface area contributed by atoms with Crippen LogP contribution in [-0.2, 0) is 10.0 Å². The average Bonchev–Trinajstić information content (AvgIpc) is 2.25. The fourth-order valence-electron chi connectivity index (χ4n) is 1.74. The number of benzene rings is 1. The van der Waals surface area contributed by atoms with Gasteiger partial charge in [-0.25, -0.2) is 8.42 Å². The summed E-state index contributed by atoms with van der Waals surface area (Å²) in [5.41, 5.74) is 0.229. The minimum atomic E-state index is -3.61. The first-order chi connectivity index (χ1) is 7.92. The largest absolute Gasteiger partial charge is 0.270 e. The van der Waals surface area contributed by atoms with Crippen molar-refractivity contribution < 1.29 is 13.2 Å². The second kappa shape index (κ2) is 4.12. The molecule has 1 amide bonds. The van der Waals surface area contributed by atoms with Crippen LogP contribution in [-0.4, -0.2) is 25.9 Å². The number of hydrogen-bond acceptors (Lipinski definition) is 3. The van der Waals surface area contributed by atoms with Gasteiger partial charge in [-0.2, -0.15) is 0 Å². The van der Waals surface area contributed by atoms with Gasteiger partial charge in [-0.15, -0.1) is 4.83 Å². The zero-order valence-corrected chi connectivity index (χ0v) is 10.5. The third-order valence-corrected chi connectivity index (χ3v) is 3.83. The Bertz CT molecular complexity index is 552. The van der Waals surface area contributed by atoms with E-state index >= 15 is 0 Å². The van der Waals surface area contributed by atoms with E-state index in [1.54, 1.807) is 12.1 Å². The molecule has 0 radical (unpaired) electrons. The van der Waals surface area contributed by atoms with E-state index in [9.17, 15) is 13.2 Å². The monoisotopic (exact) mass is 254 g/mol. The molecule has 6 heteroatoms. The molecule has 0 fully saturated rings. The summed E-state index contributed by atoms with van der Waals surface area (Å²) in [6.07, 6.45) is 0. The minimum absolute atomic E-state index is 0.0463. The van der Waals surface area contributed by atoms with Crippen LogP contribution in [0.25, 0.3) is 0 Å². The molecule has 1 aliphatic heterocycles. The highest BCUT2D eigenvalue weighted by molar-refractivity contribution is 7.89. The molecule has 0 unspecified atom stereocenters. The normalized spacial score (nSPS) is 18.3. The Morgan fingerprint density at radius 1 is 1.29 bits per heavy atom. The van der Waals surface area contributed by atoms with Crippen LogP contribution in [0.1, 0.15) is 24.2 Å². The van der Waals surface area contributed by atoms with E-state index in [1.165, 1.54) is 12.1 Å². The Kier molecular flexibility index (Phi) is 2.92. The molecule has 0 spiro atoms. The van der Waals surface area contributed by atoms with Crippen molar-refractivity contribution in [3.05, 3.63) is 29.8 Å². The number of nitrogens with zero attached hydrogens (tertiary/aromatic N) is 1. The molecule has 92 valence electrons. The number of hydrogen-bond donors (Lipinski definition) is 1. The van der Waals surface area contributed by atoms with E-state index < -0.39 is 10.0 Å². The zero-order valence-electron chi connectivity index (χ0n) is 9.67. The predicted molar refractivity (Wildman–Crippen MR) is 62.6 cm³/mol. The van der Waals surface area contributed by atoms with Gasteiger partial charge in [0.15, 0.2) is 0 Å². The molecule has 0 saturated carbocycles. The van der Waals surface area contributed by atoms with Gasteiger partial charge in [0.05, 0.1) is 10.5 Å². The molecule has 0 aromatic heterocycles. The maximum absolute atomic E-state index is 12.0. The zero-order chi connectivity index (χ0) is 12.6. The van der Waals surface area contributed by atoms with Crippen LogP contribution in [0.3, 0.4) is 0 Å². The van der Waals surface area contributed by atoms with Gasteiger partial charge in [-0.3, -0.25) is 9.80 Å². The molecule has 2 rings (SSSR count). The number of fused-ring (bicyclic) bond motifs is 1. The molecule has 1 N–H and O–H groups in total. The molecule has 0 bridgehead atoms. The molecular weight excluding hydrogens is 240 g/mol. The molecule has 1 aromatic carbocycles. The van der Waals surface area contributed by atoms with Crippen molar-refractivity contribution in [1.82, 2.24) is 9.84 Å². The van der Waals surface area contributed by atoms with Gasteiger partial charge < -0.3 is 0 Å². The first-order valence-electron chi connectivity index (χ1n) is 5.35. The van der Waals surface area contributed by atoms with E-state index in [1.807, 2.05) is 13.8 Å². The summed E-state index contributed by atoms with van der Waals surface area (Å²) in [7, 11) is -3.61. The molecule has 0 atom stereocenters. The van der Waals surface area contributed by atoms with Gasteiger partial charge >= 0.3 is 0 Å². The lowest BCUT2D eigenvalue weighted by Gasteiger charge is -2.29. The summed E-state index contributed by atoms with van der Waals surface area (Å²) < 4.78 is 23.8. The van der Waals surface area contributed by atoms with Crippen LogP contribution in [0.4, 0.5) is 0 Å². The van der Waals surface area contributed by atoms with Gasteiger partial charge in [0, 0.05) is 6.54 Å². The van der Waals surface area contributed by atoms with Crippen molar-refractivity contribution in [3.63, 3.8) is 0 Å². The van der Waals surface area contributed by atoms with Gasteiger partial charge in [0.2, 0.25) is 0 Å². The molecule has 1 aromatic rings. The predicted octanol–water partition coefficient (Wildman–Crippen LogP) is 0.992. The topological polar surface area (TPSA) is 66.5 Å². The maximum Gasteiger partial charge on any atom is 0.270 e. The third-order valence-electron chi connectivity index (χ3n) is 2.43. The van der Waals surface area contributed by atoms with E-state index in [0.29, 0.717) is 6.54 Å². The summed E-state index contributed by atoms with van der Waals surface area (Å²) in [6.45, 7) is 4.19. The highest BCUT2D eigenvalue weighted by atomic mass is 32.2.